The van der Waals surface area contributed by atoms with Crippen LogP contribution in [0.1, 0.15) is 62.0 Å². The van der Waals surface area contributed by atoms with E-state index in [1.165, 1.54) is 36.8 Å². The van der Waals surface area contributed by atoms with E-state index in [0.717, 1.165) is 6.42 Å². The lowest BCUT2D eigenvalue weighted by molar-refractivity contribution is 0.132. The molecule has 3 aliphatic carbocycles. The number of hydrogen-bond donors (Lipinski definition) is 2. The van der Waals surface area contributed by atoms with E-state index in [1.54, 1.807) is 0 Å². The second-order valence-corrected chi connectivity index (χ2v) is 7.62. The molecule has 2 heteroatoms. The first-order chi connectivity index (χ1) is 11.1. The zero-order valence-electron chi connectivity index (χ0n) is 13.8. The molecule has 1 unspecified atom stereocenters. The van der Waals surface area contributed by atoms with Crippen molar-refractivity contribution in [1.82, 2.24) is 0 Å². The second kappa shape index (κ2) is 5.74. The molecule has 0 radical (unpaired) electrons. The molecule has 0 saturated heterocycles. The van der Waals surface area contributed by atoms with Crippen LogP contribution < -0.4 is 0 Å². The summed E-state index contributed by atoms with van der Waals surface area (Å²) in [6.07, 6.45) is 12.2. The minimum Gasteiger partial charge on any atom is -0.508 e. The number of phenols is 1. The number of fused-ring (bicyclic) bond motifs is 3. The monoisotopic (exact) mass is 310 g/mol. The van der Waals surface area contributed by atoms with Gasteiger partial charge in [-0.05, 0) is 84.3 Å². The molecule has 0 heterocycles. The van der Waals surface area contributed by atoms with Gasteiger partial charge in [-0.3, -0.25) is 0 Å². The quantitative estimate of drug-likeness (QED) is 0.727. The highest BCUT2D eigenvalue weighted by Gasteiger charge is 2.44. The number of benzene rings is 1. The summed E-state index contributed by atoms with van der Waals surface area (Å²) in [6, 6.07) is 6.01. The Hall–Kier alpha value is -1.70. The van der Waals surface area contributed by atoms with Gasteiger partial charge in [-0.2, -0.15) is 0 Å². The van der Waals surface area contributed by atoms with E-state index in [2.05, 4.69) is 19.1 Å². The largest absolute Gasteiger partial charge is 0.508 e. The molecule has 1 saturated carbocycles. The van der Waals surface area contributed by atoms with E-state index in [0.29, 0.717) is 41.1 Å². The van der Waals surface area contributed by atoms with E-state index < -0.39 is 0 Å². The van der Waals surface area contributed by atoms with Crippen LogP contribution in [0.15, 0.2) is 42.2 Å². The summed E-state index contributed by atoms with van der Waals surface area (Å²) in [6.45, 7) is 2.36. The van der Waals surface area contributed by atoms with Crippen LogP contribution in [-0.2, 0) is 0 Å². The molecule has 23 heavy (non-hydrogen) atoms. The van der Waals surface area contributed by atoms with Gasteiger partial charge in [-0.15, -0.1) is 0 Å². The zero-order valence-corrected chi connectivity index (χ0v) is 13.8. The predicted molar refractivity (Wildman–Crippen MR) is 92.7 cm³/mol. The summed E-state index contributed by atoms with van der Waals surface area (Å²) < 4.78 is 0. The first-order valence-electron chi connectivity index (χ1n) is 9.05. The fourth-order valence-electron chi connectivity index (χ4n) is 5.48. The average molecular weight is 310 g/mol. The van der Waals surface area contributed by atoms with Crippen molar-refractivity contribution < 1.29 is 10.2 Å². The summed E-state index contributed by atoms with van der Waals surface area (Å²) in [5, 5.41) is 19.6. The highest BCUT2D eigenvalue weighted by Crippen LogP contribution is 2.56. The number of phenolic OH excluding ortho intramolecular Hbond substituents is 1. The van der Waals surface area contributed by atoms with E-state index in [9.17, 15) is 10.2 Å². The Balaban J connectivity index is 1.75. The summed E-state index contributed by atoms with van der Waals surface area (Å²) in [5.41, 5.74) is 2.83. The van der Waals surface area contributed by atoms with E-state index in [-0.39, 0.29) is 0 Å². The molecule has 4 rings (SSSR count). The van der Waals surface area contributed by atoms with Gasteiger partial charge in [0.15, 0.2) is 0 Å². The lowest BCUT2D eigenvalue weighted by Crippen LogP contribution is -2.38. The van der Waals surface area contributed by atoms with Gasteiger partial charge in [0, 0.05) is 0 Å². The van der Waals surface area contributed by atoms with Gasteiger partial charge in [-0.25, -0.2) is 0 Å². The fraction of sp³-hybridized carbons (Fsp3) is 0.524. The van der Waals surface area contributed by atoms with Crippen LogP contribution in [0.3, 0.4) is 0 Å². The molecule has 3 aliphatic rings. The van der Waals surface area contributed by atoms with Crippen molar-refractivity contribution in [3.63, 3.8) is 0 Å². The Labute approximate surface area is 138 Å². The SMILES string of the molecule is C[C@H]1c2ccc(O)cc2[C@@H]2CCCC[C@@H]2[C@@H]1C1C=CC(O)=CC1. The molecule has 0 bridgehead atoms. The topological polar surface area (TPSA) is 40.5 Å². The van der Waals surface area contributed by atoms with Gasteiger partial charge >= 0.3 is 0 Å². The Morgan fingerprint density at radius 3 is 2.65 bits per heavy atom. The van der Waals surface area contributed by atoms with E-state index in [1.807, 2.05) is 24.3 Å². The van der Waals surface area contributed by atoms with Crippen molar-refractivity contribution in [3.8, 4) is 5.75 Å². The van der Waals surface area contributed by atoms with Crippen molar-refractivity contribution in [2.75, 3.05) is 0 Å². The van der Waals surface area contributed by atoms with Gasteiger partial charge in [0.05, 0.1) is 0 Å². The van der Waals surface area contributed by atoms with Gasteiger partial charge in [0.1, 0.15) is 11.5 Å². The molecular weight excluding hydrogens is 284 g/mol. The number of aliphatic hydroxyl groups is 1. The molecule has 0 spiro atoms. The summed E-state index contributed by atoms with van der Waals surface area (Å²) >= 11 is 0. The van der Waals surface area contributed by atoms with Crippen LogP contribution >= 0.6 is 0 Å². The van der Waals surface area contributed by atoms with Crippen LogP contribution in [0, 0.1) is 17.8 Å². The second-order valence-electron chi connectivity index (χ2n) is 7.62. The molecule has 2 nitrogen and oxygen atoms in total. The molecule has 1 fully saturated rings. The third-order valence-corrected chi connectivity index (χ3v) is 6.46. The molecular formula is C21H26O2. The average Bonchev–Trinajstić information content (AvgIpc) is 2.56. The van der Waals surface area contributed by atoms with E-state index >= 15 is 0 Å². The lowest BCUT2D eigenvalue weighted by atomic mass is 9.56. The maximum atomic E-state index is 9.96. The minimum atomic E-state index is 0.407. The number of rotatable bonds is 1. The molecule has 0 aromatic heterocycles. The molecule has 2 N–H and O–H groups in total. The number of allylic oxidation sites excluding steroid dienone is 3. The van der Waals surface area contributed by atoms with Gasteiger partial charge < -0.3 is 10.2 Å². The van der Waals surface area contributed by atoms with Crippen molar-refractivity contribution in [2.45, 2.75) is 50.9 Å². The van der Waals surface area contributed by atoms with E-state index in [4.69, 9.17) is 0 Å². The lowest BCUT2D eigenvalue weighted by Gasteiger charge is -2.48. The van der Waals surface area contributed by atoms with Crippen molar-refractivity contribution in [1.29, 1.82) is 0 Å². The molecule has 5 atom stereocenters. The maximum Gasteiger partial charge on any atom is 0.115 e. The van der Waals surface area contributed by atoms with Crippen LogP contribution in [-0.4, -0.2) is 10.2 Å². The Morgan fingerprint density at radius 1 is 1.04 bits per heavy atom. The van der Waals surface area contributed by atoms with Crippen molar-refractivity contribution >= 4 is 0 Å². The van der Waals surface area contributed by atoms with Gasteiger partial charge in [-0.1, -0.05) is 31.9 Å². The first-order valence-corrected chi connectivity index (χ1v) is 9.05. The predicted octanol–water partition coefficient (Wildman–Crippen LogP) is 5.42. The van der Waals surface area contributed by atoms with Crippen LogP contribution in [0.25, 0.3) is 0 Å². The normalized spacial score (nSPS) is 36.0. The maximum absolute atomic E-state index is 9.96. The van der Waals surface area contributed by atoms with Gasteiger partial charge in [0.25, 0.3) is 0 Å². The Bertz CT molecular complexity index is 658. The fourth-order valence-corrected chi connectivity index (χ4v) is 5.48. The molecule has 0 amide bonds. The number of hydrogen-bond acceptors (Lipinski definition) is 2. The number of aliphatic hydroxyl groups excluding tert-OH is 1. The highest BCUT2D eigenvalue weighted by atomic mass is 16.3. The molecule has 122 valence electrons. The smallest absolute Gasteiger partial charge is 0.115 e. The van der Waals surface area contributed by atoms with Crippen molar-refractivity contribution in [3.05, 3.63) is 53.3 Å². The Morgan fingerprint density at radius 2 is 1.87 bits per heavy atom. The van der Waals surface area contributed by atoms with Crippen molar-refractivity contribution in [2.24, 2.45) is 17.8 Å². The van der Waals surface area contributed by atoms with Gasteiger partial charge in [0.2, 0.25) is 0 Å². The van der Waals surface area contributed by atoms with Crippen LogP contribution in [0.4, 0.5) is 0 Å². The van der Waals surface area contributed by atoms with Crippen LogP contribution in [0.5, 0.6) is 5.75 Å². The third kappa shape index (κ3) is 2.49. The first kappa shape index (κ1) is 14.9. The molecule has 1 aromatic rings. The highest BCUT2D eigenvalue weighted by molar-refractivity contribution is 5.43. The summed E-state index contributed by atoms with van der Waals surface area (Å²) in [5.74, 6) is 3.79. The Kier molecular flexibility index (Phi) is 3.71. The van der Waals surface area contributed by atoms with Crippen LogP contribution in [0.2, 0.25) is 0 Å². The standard InChI is InChI=1S/C21H26O2/c1-13-17-11-10-16(23)12-20(17)18-4-2-3-5-19(18)21(13)14-6-8-15(22)9-7-14/h6,8-14,18-19,21-23H,2-5,7H2,1H3/t13-,14?,18+,19-,21-/m0/s1. The molecule has 1 aromatic carbocycles. The summed E-state index contributed by atoms with van der Waals surface area (Å²) in [4.78, 5) is 0. The number of aromatic hydroxyl groups is 1. The summed E-state index contributed by atoms with van der Waals surface area (Å²) in [7, 11) is 0. The third-order valence-electron chi connectivity index (χ3n) is 6.46. The molecule has 0 aliphatic heterocycles. The zero-order chi connectivity index (χ0) is 16.0. The minimum absolute atomic E-state index is 0.407.